The van der Waals surface area contributed by atoms with Gasteiger partial charge in [0.2, 0.25) is 5.91 Å². The first-order chi connectivity index (χ1) is 16.3. The van der Waals surface area contributed by atoms with Gasteiger partial charge in [-0.2, -0.15) is 0 Å². The number of rotatable bonds is 5. The lowest BCUT2D eigenvalue weighted by atomic mass is 9.45. The monoisotopic (exact) mass is 457 g/mol. The summed E-state index contributed by atoms with van der Waals surface area (Å²) in [6.45, 7) is 3.88. The van der Waals surface area contributed by atoms with Gasteiger partial charge in [0.25, 0.3) is 0 Å². The molecule has 4 bridgehead atoms. The van der Waals surface area contributed by atoms with Crippen molar-refractivity contribution in [3.05, 3.63) is 71.8 Å². The Labute approximate surface area is 202 Å². The Kier molecular flexibility index (Phi) is 5.13. The first-order valence-electron chi connectivity index (χ1n) is 13.0. The molecule has 0 N–H and O–H groups in total. The lowest BCUT2D eigenvalue weighted by Crippen LogP contribution is -2.55. The second-order valence-corrected chi connectivity index (χ2v) is 12.0. The lowest BCUT2D eigenvalue weighted by Gasteiger charge is -2.59. The molecule has 7 rings (SSSR count). The molecule has 0 unspecified atom stereocenters. The Bertz CT molecular complexity index is 1040. The van der Waals surface area contributed by atoms with Crippen molar-refractivity contribution in [1.82, 2.24) is 4.90 Å². The number of cyclic esters (lactones) is 1. The van der Waals surface area contributed by atoms with E-state index in [1.165, 1.54) is 24.2 Å². The van der Waals surface area contributed by atoms with Gasteiger partial charge in [0.05, 0.1) is 12.0 Å². The smallest absolute Gasteiger partial charge is 0.417 e. The molecule has 2 amide bonds. The van der Waals surface area contributed by atoms with Crippen LogP contribution < -0.4 is 0 Å². The summed E-state index contributed by atoms with van der Waals surface area (Å²) in [6.07, 6.45) is 7.42. The maximum Gasteiger partial charge on any atom is 0.417 e. The highest BCUT2D eigenvalue weighted by Crippen LogP contribution is 2.65. The SMILES string of the molecule is CC1(C)OC(=O)N(C(=O)[C@H](c2ccccc2)C23CC4CC(CC(C4)C2)C3)[C@H]1Cc1ccccc1. The zero-order valence-corrected chi connectivity index (χ0v) is 20.3. The Morgan fingerprint density at radius 1 is 0.912 bits per heavy atom. The molecule has 2 atom stereocenters. The molecule has 4 saturated carbocycles. The van der Waals surface area contributed by atoms with E-state index >= 15 is 0 Å². The fourth-order valence-electron chi connectivity index (χ4n) is 8.27. The molecule has 0 spiro atoms. The predicted octanol–water partition coefficient (Wildman–Crippen LogP) is 6.36. The molecule has 4 heteroatoms. The number of benzene rings is 2. The predicted molar refractivity (Wildman–Crippen MR) is 131 cm³/mol. The molecule has 5 fully saturated rings. The van der Waals surface area contributed by atoms with Gasteiger partial charge >= 0.3 is 6.09 Å². The zero-order chi connectivity index (χ0) is 23.5. The van der Waals surface area contributed by atoms with Crippen LogP contribution in [0.3, 0.4) is 0 Å². The van der Waals surface area contributed by atoms with E-state index < -0.39 is 11.7 Å². The van der Waals surface area contributed by atoms with Crippen LogP contribution in [0.5, 0.6) is 0 Å². The molecule has 5 aliphatic rings. The van der Waals surface area contributed by atoms with Crippen molar-refractivity contribution in [2.24, 2.45) is 23.2 Å². The van der Waals surface area contributed by atoms with Gasteiger partial charge in [-0.25, -0.2) is 9.69 Å². The molecule has 2 aromatic rings. The van der Waals surface area contributed by atoms with Crippen molar-refractivity contribution < 1.29 is 14.3 Å². The molecule has 1 heterocycles. The van der Waals surface area contributed by atoms with Crippen molar-refractivity contribution in [3.8, 4) is 0 Å². The van der Waals surface area contributed by atoms with Crippen LogP contribution in [0, 0.1) is 23.2 Å². The largest absolute Gasteiger partial charge is 0.441 e. The Balaban J connectivity index is 1.40. The fraction of sp³-hybridized carbons (Fsp3) is 0.533. The van der Waals surface area contributed by atoms with Gasteiger partial charge in [0, 0.05) is 0 Å². The van der Waals surface area contributed by atoms with Gasteiger partial charge in [-0.1, -0.05) is 60.7 Å². The van der Waals surface area contributed by atoms with E-state index in [0.717, 1.165) is 48.1 Å². The van der Waals surface area contributed by atoms with Crippen LogP contribution >= 0.6 is 0 Å². The number of amides is 2. The van der Waals surface area contributed by atoms with Gasteiger partial charge < -0.3 is 4.74 Å². The quantitative estimate of drug-likeness (QED) is 0.525. The Morgan fingerprint density at radius 2 is 1.44 bits per heavy atom. The highest BCUT2D eigenvalue weighted by molar-refractivity contribution is 5.98. The van der Waals surface area contributed by atoms with E-state index in [2.05, 4.69) is 24.3 Å². The number of hydrogen-bond acceptors (Lipinski definition) is 3. The maximum absolute atomic E-state index is 14.6. The number of hydrogen-bond donors (Lipinski definition) is 0. The van der Waals surface area contributed by atoms with Gasteiger partial charge in [0.15, 0.2) is 0 Å². The number of carbonyl (C=O) groups is 2. The van der Waals surface area contributed by atoms with Crippen LogP contribution in [0.2, 0.25) is 0 Å². The standard InChI is InChI=1S/C30H35NO3/c1-29(2)25(16-20-9-5-3-6-10-20)31(28(33)34-29)27(32)26(24-11-7-4-8-12-24)30-17-21-13-22(18-30)15-23(14-21)19-30/h3-12,21-23,25-26H,13-19H2,1-2H3/t21?,22?,23?,25-,26-,30?/m0/s1. The minimum atomic E-state index is -0.731. The molecule has 178 valence electrons. The van der Waals surface area contributed by atoms with Crippen molar-refractivity contribution >= 4 is 12.0 Å². The van der Waals surface area contributed by atoms with Crippen molar-refractivity contribution in [1.29, 1.82) is 0 Å². The summed E-state index contributed by atoms with van der Waals surface area (Å²) in [5.74, 6) is 1.85. The Morgan fingerprint density at radius 3 is 2.00 bits per heavy atom. The molecule has 4 aliphatic carbocycles. The first-order valence-corrected chi connectivity index (χ1v) is 13.0. The number of nitrogens with zero attached hydrogens (tertiary/aromatic N) is 1. The minimum Gasteiger partial charge on any atom is -0.441 e. The van der Waals surface area contributed by atoms with Gasteiger partial charge in [0.1, 0.15) is 5.60 Å². The molecule has 0 aromatic heterocycles. The van der Waals surface area contributed by atoms with Crippen LogP contribution in [-0.2, 0) is 16.0 Å². The minimum absolute atomic E-state index is 0.0442. The number of carbonyl (C=O) groups excluding carboxylic acids is 2. The second kappa shape index (κ2) is 7.96. The average Bonchev–Trinajstić information content (AvgIpc) is 3.01. The third-order valence-corrected chi connectivity index (χ3v) is 9.25. The van der Waals surface area contributed by atoms with E-state index in [0.29, 0.717) is 6.42 Å². The fourth-order valence-corrected chi connectivity index (χ4v) is 8.27. The van der Waals surface area contributed by atoms with Crippen LogP contribution in [0.25, 0.3) is 0 Å². The van der Waals surface area contributed by atoms with Crippen LogP contribution in [-0.4, -0.2) is 28.5 Å². The average molecular weight is 458 g/mol. The lowest BCUT2D eigenvalue weighted by molar-refractivity contribution is -0.142. The molecule has 4 nitrogen and oxygen atoms in total. The molecule has 2 aromatic carbocycles. The summed E-state index contributed by atoms with van der Waals surface area (Å²) in [5, 5.41) is 0. The van der Waals surface area contributed by atoms with Gasteiger partial charge in [-0.3, -0.25) is 4.79 Å². The van der Waals surface area contributed by atoms with E-state index in [1.807, 2.05) is 50.2 Å². The maximum atomic E-state index is 14.6. The van der Waals surface area contributed by atoms with E-state index in [4.69, 9.17) is 4.74 Å². The Hall–Kier alpha value is -2.62. The normalized spacial score (nSPS) is 34.2. The van der Waals surface area contributed by atoms with Crippen LogP contribution in [0.15, 0.2) is 60.7 Å². The summed E-state index contributed by atoms with van der Waals surface area (Å²) >= 11 is 0. The van der Waals surface area contributed by atoms with Gasteiger partial charge in [-0.15, -0.1) is 0 Å². The van der Waals surface area contributed by atoms with Crippen LogP contribution in [0.1, 0.15) is 69.4 Å². The highest BCUT2D eigenvalue weighted by atomic mass is 16.6. The highest BCUT2D eigenvalue weighted by Gasteiger charge is 2.59. The summed E-state index contributed by atoms with van der Waals surface area (Å²) in [5.41, 5.74) is 1.40. The topological polar surface area (TPSA) is 46.6 Å². The molecule has 34 heavy (non-hydrogen) atoms. The molecular formula is C30H35NO3. The molecule has 1 aliphatic heterocycles. The third kappa shape index (κ3) is 3.57. The van der Waals surface area contributed by atoms with Crippen molar-refractivity contribution in [2.45, 2.75) is 76.4 Å². The second-order valence-electron chi connectivity index (χ2n) is 12.0. The molecule has 1 saturated heterocycles. The zero-order valence-electron chi connectivity index (χ0n) is 20.3. The van der Waals surface area contributed by atoms with E-state index in [1.54, 1.807) is 0 Å². The summed E-state index contributed by atoms with van der Waals surface area (Å²) in [7, 11) is 0. The summed E-state index contributed by atoms with van der Waals surface area (Å²) in [4.78, 5) is 29.4. The number of imide groups is 1. The third-order valence-electron chi connectivity index (χ3n) is 9.25. The van der Waals surface area contributed by atoms with E-state index in [-0.39, 0.29) is 23.3 Å². The number of ether oxygens (including phenoxy) is 1. The van der Waals surface area contributed by atoms with E-state index in [9.17, 15) is 9.59 Å². The summed E-state index contributed by atoms with van der Waals surface area (Å²) < 4.78 is 5.84. The summed E-state index contributed by atoms with van der Waals surface area (Å²) in [6, 6.07) is 20.1. The van der Waals surface area contributed by atoms with Crippen LogP contribution in [0.4, 0.5) is 4.79 Å². The molecule has 0 radical (unpaired) electrons. The first kappa shape index (κ1) is 21.9. The van der Waals surface area contributed by atoms with Crippen molar-refractivity contribution in [3.63, 3.8) is 0 Å². The molecular weight excluding hydrogens is 422 g/mol. The van der Waals surface area contributed by atoms with Crippen molar-refractivity contribution in [2.75, 3.05) is 0 Å². The van der Waals surface area contributed by atoms with Gasteiger partial charge in [-0.05, 0) is 93.1 Å².